The lowest BCUT2D eigenvalue weighted by Crippen LogP contribution is -2.41. The maximum Gasteiger partial charge on any atom is 0.227 e. The summed E-state index contributed by atoms with van der Waals surface area (Å²) < 4.78 is 4.13. The van der Waals surface area contributed by atoms with Crippen LogP contribution in [0.3, 0.4) is 0 Å². The maximum absolute atomic E-state index is 12.9. The molecule has 0 spiro atoms. The molecule has 1 amide bonds. The molecule has 0 saturated carbocycles. The van der Waals surface area contributed by atoms with Crippen LogP contribution < -0.4 is 0 Å². The second kappa shape index (κ2) is 7.02. The molecule has 1 aliphatic heterocycles. The van der Waals surface area contributed by atoms with Gasteiger partial charge >= 0.3 is 0 Å². The zero-order chi connectivity index (χ0) is 18.1. The number of carbonyl (C=O) groups excluding carboxylic acids is 1. The summed E-state index contributed by atoms with van der Waals surface area (Å²) in [7, 11) is 1.93. The number of hydrogen-bond acceptors (Lipinski definition) is 3. The Morgan fingerprint density at radius 3 is 2.76 bits per heavy atom. The number of likely N-dealkylation sites (tertiary alicyclic amines) is 1. The van der Waals surface area contributed by atoms with Gasteiger partial charge in [0.15, 0.2) is 0 Å². The molecule has 6 heteroatoms. The molecule has 1 fully saturated rings. The van der Waals surface area contributed by atoms with Gasteiger partial charge in [0, 0.05) is 49.7 Å². The lowest BCUT2D eigenvalue weighted by molar-refractivity contribution is -0.132. The van der Waals surface area contributed by atoms with Crippen LogP contribution in [-0.4, -0.2) is 43.2 Å². The third-order valence-corrected chi connectivity index (χ3v) is 5.34. The molecule has 0 aliphatic carbocycles. The highest BCUT2D eigenvalue weighted by atomic mass is 16.2. The maximum atomic E-state index is 12.9. The van der Waals surface area contributed by atoms with E-state index in [-0.39, 0.29) is 5.91 Å². The van der Waals surface area contributed by atoms with Crippen molar-refractivity contribution in [2.75, 3.05) is 13.1 Å². The summed E-state index contributed by atoms with van der Waals surface area (Å²) in [6.45, 7) is 9.96. The Balaban J connectivity index is 1.72. The number of aryl methyl sites for hydroxylation is 2. The third-order valence-electron chi connectivity index (χ3n) is 5.34. The molecule has 0 aromatic carbocycles. The molecule has 0 radical (unpaired) electrons. The second-order valence-electron chi connectivity index (χ2n) is 7.43. The molecule has 2 aromatic rings. The van der Waals surface area contributed by atoms with Gasteiger partial charge in [-0.3, -0.25) is 9.48 Å². The zero-order valence-corrected chi connectivity index (χ0v) is 16.0. The summed E-state index contributed by atoms with van der Waals surface area (Å²) in [5, 5.41) is 4.43. The monoisotopic (exact) mass is 343 g/mol. The number of carbonyl (C=O) groups is 1. The summed E-state index contributed by atoms with van der Waals surface area (Å²) in [6.07, 6.45) is 6.52. The van der Waals surface area contributed by atoms with Crippen molar-refractivity contribution in [3.63, 3.8) is 0 Å². The van der Waals surface area contributed by atoms with E-state index in [4.69, 9.17) is 0 Å². The van der Waals surface area contributed by atoms with Gasteiger partial charge in [0.25, 0.3) is 0 Å². The highest BCUT2D eigenvalue weighted by molar-refractivity contribution is 5.79. The molecule has 1 saturated heterocycles. The Kier molecular flexibility index (Phi) is 4.97. The van der Waals surface area contributed by atoms with Crippen LogP contribution in [0.5, 0.6) is 0 Å². The van der Waals surface area contributed by atoms with Crippen LogP contribution >= 0.6 is 0 Å². The molecule has 3 rings (SSSR count). The number of aromatic nitrogens is 4. The average molecular weight is 343 g/mol. The topological polar surface area (TPSA) is 56.0 Å². The van der Waals surface area contributed by atoms with Gasteiger partial charge in [-0.2, -0.15) is 5.10 Å². The van der Waals surface area contributed by atoms with E-state index in [1.807, 2.05) is 36.7 Å². The Morgan fingerprint density at radius 2 is 2.12 bits per heavy atom. The van der Waals surface area contributed by atoms with Gasteiger partial charge < -0.3 is 9.47 Å². The first-order valence-corrected chi connectivity index (χ1v) is 9.18. The Morgan fingerprint density at radius 1 is 1.36 bits per heavy atom. The SMILES string of the molecule is Cc1nn(C)c(C)c1CC(=O)N1CCC[C@H](n2ccnc2C(C)C)C1. The highest BCUT2D eigenvalue weighted by Gasteiger charge is 2.27. The molecule has 0 bridgehead atoms. The van der Waals surface area contributed by atoms with Crippen molar-refractivity contribution in [3.8, 4) is 0 Å². The summed E-state index contributed by atoms with van der Waals surface area (Å²) in [6, 6.07) is 0.327. The normalized spacial score (nSPS) is 18.2. The summed E-state index contributed by atoms with van der Waals surface area (Å²) in [5.41, 5.74) is 3.11. The van der Waals surface area contributed by atoms with Crippen LogP contribution in [0, 0.1) is 13.8 Å². The molecule has 25 heavy (non-hydrogen) atoms. The Hall–Kier alpha value is -2.11. The molecule has 2 aromatic heterocycles. The Labute approximate surface area is 149 Å². The quantitative estimate of drug-likeness (QED) is 0.858. The van der Waals surface area contributed by atoms with E-state index in [0.717, 1.165) is 48.7 Å². The number of piperidine rings is 1. The lowest BCUT2D eigenvalue weighted by atomic mass is 10.0. The lowest BCUT2D eigenvalue weighted by Gasteiger charge is -2.34. The first-order valence-electron chi connectivity index (χ1n) is 9.18. The van der Waals surface area contributed by atoms with Gasteiger partial charge in [-0.25, -0.2) is 4.98 Å². The minimum Gasteiger partial charge on any atom is -0.340 e. The van der Waals surface area contributed by atoms with E-state index in [0.29, 0.717) is 18.4 Å². The fourth-order valence-electron chi connectivity index (χ4n) is 3.83. The van der Waals surface area contributed by atoms with Crippen molar-refractivity contribution < 1.29 is 4.79 Å². The highest BCUT2D eigenvalue weighted by Crippen LogP contribution is 2.26. The number of nitrogens with zero attached hydrogens (tertiary/aromatic N) is 5. The standard InChI is InChI=1S/C19H29N5O/c1-13(2)19-20-8-10-24(19)16-7-6-9-23(12-16)18(25)11-17-14(3)21-22(5)15(17)4/h8,10,13,16H,6-7,9,11-12H2,1-5H3/t16-/m0/s1. The van der Waals surface area contributed by atoms with Gasteiger partial charge in [0.05, 0.1) is 18.2 Å². The fraction of sp³-hybridized carbons (Fsp3) is 0.632. The van der Waals surface area contributed by atoms with E-state index in [1.165, 1.54) is 0 Å². The van der Waals surface area contributed by atoms with Crippen molar-refractivity contribution >= 4 is 5.91 Å². The van der Waals surface area contributed by atoms with Crippen LogP contribution in [-0.2, 0) is 18.3 Å². The van der Waals surface area contributed by atoms with Crippen LogP contribution in [0.2, 0.25) is 0 Å². The van der Waals surface area contributed by atoms with E-state index < -0.39 is 0 Å². The molecule has 0 unspecified atom stereocenters. The van der Waals surface area contributed by atoms with Crippen LogP contribution in [0.1, 0.15) is 61.4 Å². The van der Waals surface area contributed by atoms with Crippen LogP contribution in [0.15, 0.2) is 12.4 Å². The molecular formula is C19H29N5O. The van der Waals surface area contributed by atoms with Crippen molar-refractivity contribution in [2.24, 2.45) is 7.05 Å². The molecule has 6 nitrogen and oxygen atoms in total. The van der Waals surface area contributed by atoms with Gasteiger partial charge in [0.2, 0.25) is 5.91 Å². The molecule has 136 valence electrons. The molecule has 1 aliphatic rings. The smallest absolute Gasteiger partial charge is 0.227 e. The minimum absolute atomic E-state index is 0.204. The first-order chi connectivity index (χ1) is 11.9. The second-order valence-corrected chi connectivity index (χ2v) is 7.43. The van der Waals surface area contributed by atoms with E-state index >= 15 is 0 Å². The number of amides is 1. The van der Waals surface area contributed by atoms with Crippen molar-refractivity contribution in [2.45, 2.75) is 58.9 Å². The zero-order valence-electron chi connectivity index (χ0n) is 16.0. The predicted molar refractivity (Wildman–Crippen MR) is 97.6 cm³/mol. The Bertz CT molecular complexity index is 758. The van der Waals surface area contributed by atoms with Gasteiger partial charge in [-0.15, -0.1) is 0 Å². The first kappa shape index (κ1) is 17.7. The van der Waals surface area contributed by atoms with E-state index in [9.17, 15) is 4.79 Å². The van der Waals surface area contributed by atoms with E-state index in [2.05, 4.69) is 34.7 Å². The van der Waals surface area contributed by atoms with Gasteiger partial charge in [-0.05, 0) is 26.7 Å². The van der Waals surface area contributed by atoms with Crippen LogP contribution in [0.4, 0.5) is 0 Å². The summed E-state index contributed by atoms with van der Waals surface area (Å²) >= 11 is 0. The van der Waals surface area contributed by atoms with Gasteiger partial charge in [-0.1, -0.05) is 13.8 Å². The fourth-order valence-corrected chi connectivity index (χ4v) is 3.83. The molecule has 1 atom stereocenters. The summed E-state index contributed by atoms with van der Waals surface area (Å²) in [4.78, 5) is 19.4. The number of rotatable bonds is 4. The largest absolute Gasteiger partial charge is 0.340 e. The summed E-state index contributed by atoms with van der Waals surface area (Å²) in [5.74, 6) is 1.70. The minimum atomic E-state index is 0.204. The van der Waals surface area contributed by atoms with Crippen molar-refractivity contribution in [1.29, 1.82) is 0 Å². The van der Waals surface area contributed by atoms with E-state index in [1.54, 1.807) is 0 Å². The average Bonchev–Trinajstić information content (AvgIpc) is 3.16. The van der Waals surface area contributed by atoms with Crippen LogP contribution in [0.25, 0.3) is 0 Å². The predicted octanol–water partition coefficient (Wildman–Crippen LogP) is 2.76. The van der Waals surface area contributed by atoms with Crippen molar-refractivity contribution in [1.82, 2.24) is 24.2 Å². The third kappa shape index (κ3) is 3.48. The molecule has 3 heterocycles. The number of hydrogen-bond donors (Lipinski definition) is 0. The number of imidazole rings is 1. The van der Waals surface area contributed by atoms with Crippen molar-refractivity contribution in [3.05, 3.63) is 35.2 Å². The molecular weight excluding hydrogens is 314 g/mol. The van der Waals surface area contributed by atoms with Gasteiger partial charge in [0.1, 0.15) is 5.82 Å². The molecule has 0 N–H and O–H groups in total.